The van der Waals surface area contributed by atoms with E-state index in [4.69, 9.17) is 0 Å². The second kappa shape index (κ2) is 8.56. The average molecular weight is 389 g/mol. The molecule has 0 radical (unpaired) electrons. The van der Waals surface area contributed by atoms with Crippen LogP contribution in [0, 0.1) is 20.8 Å². The first-order chi connectivity index (χ1) is 13.9. The molecule has 1 aromatic heterocycles. The van der Waals surface area contributed by atoms with E-state index in [1.54, 1.807) is 36.5 Å². The minimum absolute atomic E-state index is 0.296. The molecule has 0 aliphatic rings. The smallest absolute Gasteiger partial charge is 0.337 e. The molecule has 0 bridgehead atoms. The molecule has 6 nitrogen and oxygen atoms in total. The van der Waals surface area contributed by atoms with Crippen molar-refractivity contribution in [3.63, 3.8) is 0 Å². The van der Waals surface area contributed by atoms with Crippen LogP contribution in [0.3, 0.4) is 0 Å². The van der Waals surface area contributed by atoms with Crippen LogP contribution in [0.25, 0.3) is 0 Å². The minimum Gasteiger partial charge on any atom is -0.465 e. The minimum atomic E-state index is -0.424. The zero-order valence-electron chi connectivity index (χ0n) is 16.9. The molecule has 29 heavy (non-hydrogen) atoms. The molecule has 1 heterocycles. The molecule has 0 unspecified atom stereocenters. The van der Waals surface area contributed by atoms with Crippen LogP contribution in [0.4, 0.5) is 17.1 Å². The highest BCUT2D eigenvalue weighted by molar-refractivity contribution is 6.03. The van der Waals surface area contributed by atoms with Gasteiger partial charge >= 0.3 is 5.97 Å². The molecule has 148 valence electrons. The van der Waals surface area contributed by atoms with E-state index in [0.717, 1.165) is 22.5 Å². The number of pyridine rings is 1. The Morgan fingerprint density at radius 2 is 1.52 bits per heavy atom. The fraction of sp³-hybridized carbons (Fsp3) is 0.174. The number of hydrogen-bond donors (Lipinski definition) is 2. The summed E-state index contributed by atoms with van der Waals surface area (Å²) in [5, 5.41) is 6.13. The molecule has 2 N–H and O–H groups in total. The van der Waals surface area contributed by atoms with Gasteiger partial charge in [-0.2, -0.15) is 0 Å². The molecule has 1 amide bonds. The van der Waals surface area contributed by atoms with Gasteiger partial charge in [0.2, 0.25) is 0 Å². The molecule has 6 heteroatoms. The van der Waals surface area contributed by atoms with E-state index >= 15 is 0 Å². The van der Waals surface area contributed by atoms with Crippen LogP contribution in [-0.4, -0.2) is 24.0 Å². The quantitative estimate of drug-likeness (QED) is 0.613. The number of ether oxygens (including phenoxy) is 1. The zero-order chi connectivity index (χ0) is 21.0. The molecule has 3 aromatic rings. The van der Waals surface area contributed by atoms with Crippen LogP contribution < -0.4 is 10.6 Å². The Morgan fingerprint density at radius 3 is 2.07 bits per heavy atom. The van der Waals surface area contributed by atoms with Gasteiger partial charge in [-0.1, -0.05) is 17.7 Å². The SMILES string of the molecule is COC(=O)c1ccc(NC(=O)c2ccc(Nc3c(C)cc(C)cc3C)cn2)cc1. The predicted molar refractivity (Wildman–Crippen MR) is 114 cm³/mol. The lowest BCUT2D eigenvalue weighted by Gasteiger charge is -2.14. The van der Waals surface area contributed by atoms with E-state index in [9.17, 15) is 9.59 Å². The molecule has 0 saturated heterocycles. The fourth-order valence-corrected chi connectivity index (χ4v) is 3.13. The standard InChI is InChI=1S/C23H23N3O3/c1-14-11-15(2)21(16(3)12-14)25-19-9-10-20(24-13-19)22(27)26-18-7-5-17(6-8-18)23(28)29-4/h5-13,25H,1-4H3,(H,26,27). The Morgan fingerprint density at radius 1 is 0.897 bits per heavy atom. The molecule has 0 saturated carbocycles. The van der Waals surface area contributed by atoms with Crippen molar-refractivity contribution in [2.24, 2.45) is 0 Å². The second-order valence-corrected chi connectivity index (χ2v) is 6.85. The molecule has 2 aromatic carbocycles. The molecule has 3 rings (SSSR count). The first kappa shape index (κ1) is 20.1. The van der Waals surface area contributed by atoms with Gasteiger partial charge in [-0.15, -0.1) is 0 Å². The fourth-order valence-electron chi connectivity index (χ4n) is 3.13. The number of nitrogens with one attached hydrogen (secondary N) is 2. The van der Waals surface area contributed by atoms with Gasteiger partial charge in [0.05, 0.1) is 24.6 Å². The van der Waals surface area contributed by atoms with Gasteiger partial charge in [-0.25, -0.2) is 9.78 Å². The van der Waals surface area contributed by atoms with Gasteiger partial charge in [-0.05, 0) is 68.3 Å². The van der Waals surface area contributed by atoms with E-state index in [-0.39, 0.29) is 5.91 Å². The monoisotopic (exact) mass is 389 g/mol. The maximum atomic E-state index is 12.4. The Labute approximate surface area is 169 Å². The van der Waals surface area contributed by atoms with Gasteiger partial charge in [0.15, 0.2) is 0 Å². The van der Waals surface area contributed by atoms with Crippen LogP contribution in [0.1, 0.15) is 37.5 Å². The summed E-state index contributed by atoms with van der Waals surface area (Å²) in [6.45, 7) is 6.19. The highest BCUT2D eigenvalue weighted by atomic mass is 16.5. The number of esters is 1. The summed E-state index contributed by atoms with van der Waals surface area (Å²) in [6.07, 6.45) is 1.63. The molecular formula is C23H23N3O3. The van der Waals surface area contributed by atoms with Crippen molar-refractivity contribution in [3.8, 4) is 0 Å². The summed E-state index contributed by atoms with van der Waals surface area (Å²) in [7, 11) is 1.32. The molecule has 0 aliphatic heterocycles. The summed E-state index contributed by atoms with van der Waals surface area (Å²) in [6, 6.07) is 14.2. The molecule has 0 aliphatic carbocycles. The number of anilines is 3. The van der Waals surface area contributed by atoms with Crippen LogP contribution in [-0.2, 0) is 4.74 Å². The summed E-state index contributed by atoms with van der Waals surface area (Å²) < 4.78 is 4.66. The van der Waals surface area contributed by atoms with E-state index in [1.807, 2.05) is 6.07 Å². The number of amides is 1. The maximum Gasteiger partial charge on any atom is 0.337 e. The van der Waals surface area contributed by atoms with Crippen molar-refractivity contribution in [1.82, 2.24) is 4.98 Å². The highest BCUT2D eigenvalue weighted by Gasteiger charge is 2.10. The van der Waals surface area contributed by atoms with Gasteiger partial charge in [0.1, 0.15) is 5.69 Å². The number of aromatic nitrogens is 1. The number of nitrogens with zero attached hydrogens (tertiary/aromatic N) is 1. The third kappa shape index (κ3) is 4.79. The van der Waals surface area contributed by atoms with Crippen molar-refractivity contribution >= 4 is 28.9 Å². The Kier molecular flexibility index (Phi) is 5.93. The Hall–Kier alpha value is -3.67. The van der Waals surface area contributed by atoms with Gasteiger partial charge in [0.25, 0.3) is 5.91 Å². The summed E-state index contributed by atoms with van der Waals surface area (Å²) >= 11 is 0. The second-order valence-electron chi connectivity index (χ2n) is 6.85. The van der Waals surface area contributed by atoms with Crippen molar-refractivity contribution in [2.45, 2.75) is 20.8 Å². The van der Waals surface area contributed by atoms with Gasteiger partial charge in [0, 0.05) is 11.4 Å². The maximum absolute atomic E-state index is 12.4. The third-order valence-corrected chi connectivity index (χ3v) is 4.51. The molecule has 0 fully saturated rings. The van der Waals surface area contributed by atoms with E-state index in [1.165, 1.54) is 12.7 Å². The highest BCUT2D eigenvalue weighted by Crippen LogP contribution is 2.25. The zero-order valence-corrected chi connectivity index (χ0v) is 16.9. The van der Waals surface area contributed by atoms with Crippen molar-refractivity contribution < 1.29 is 14.3 Å². The van der Waals surface area contributed by atoms with Crippen molar-refractivity contribution in [1.29, 1.82) is 0 Å². The van der Waals surface area contributed by atoms with Crippen LogP contribution in [0.5, 0.6) is 0 Å². The Bertz CT molecular complexity index is 1020. The third-order valence-electron chi connectivity index (χ3n) is 4.51. The summed E-state index contributed by atoms with van der Waals surface area (Å²) in [5.41, 5.74) is 6.65. The van der Waals surface area contributed by atoms with Crippen LogP contribution in [0.2, 0.25) is 0 Å². The first-order valence-corrected chi connectivity index (χ1v) is 9.18. The Balaban J connectivity index is 1.68. The predicted octanol–water partition coefficient (Wildman–Crippen LogP) is 4.79. The normalized spacial score (nSPS) is 10.3. The lowest BCUT2D eigenvalue weighted by molar-refractivity contribution is 0.0600. The number of aryl methyl sites for hydroxylation is 3. The number of hydrogen-bond acceptors (Lipinski definition) is 5. The number of carbonyl (C=O) groups is 2. The van der Waals surface area contributed by atoms with Gasteiger partial charge < -0.3 is 15.4 Å². The number of methoxy groups -OCH3 is 1. The first-order valence-electron chi connectivity index (χ1n) is 9.18. The van der Waals surface area contributed by atoms with Gasteiger partial charge in [-0.3, -0.25) is 4.79 Å². The van der Waals surface area contributed by atoms with E-state index in [0.29, 0.717) is 16.9 Å². The lowest BCUT2D eigenvalue weighted by Crippen LogP contribution is -2.14. The van der Waals surface area contributed by atoms with Crippen LogP contribution >= 0.6 is 0 Å². The van der Waals surface area contributed by atoms with Crippen molar-refractivity contribution in [2.75, 3.05) is 17.7 Å². The number of rotatable bonds is 5. The van der Waals surface area contributed by atoms with E-state index < -0.39 is 5.97 Å². The largest absolute Gasteiger partial charge is 0.465 e. The summed E-state index contributed by atoms with van der Waals surface area (Å²) in [4.78, 5) is 28.1. The number of benzene rings is 2. The lowest BCUT2D eigenvalue weighted by atomic mass is 10.0. The number of carbonyl (C=O) groups excluding carboxylic acids is 2. The molecular weight excluding hydrogens is 366 g/mol. The molecule has 0 spiro atoms. The average Bonchev–Trinajstić information content (AvgIpc) is 2.71. The topological polar surface area (TPSA) is 80.3 Å². The van der Waals surface area contributed by atoms with Crippen LogP contribution in [0.15, 0.2) is 54.7 Å². The molecule has 0 atom stereocenters. The van der Waals surface area contributed by atoms with Crippen molar-refractivity contribution in [3.05, 3.63) is 82.7 Å². The van der Waals surface area contributed by atoms with E-state index in [2.05, 4.69) is 53.3 Å². The summed E-state index contributed by atoms with van der Waals surface area (Å²) in [5.74, 6) is -0.753.